The maximum absolute atomic E-state index is 12.1. The van der Waals surface area contributed by atoms with Gasteiger partial charge in [-0.3, -0.25) is 4.79 Å². The molecule has 2 aromatic heterocycles. The third-order valence-electron chi connectivity index (χ3n) is 4.73. The second-order valence-corrected chi connectivity index (χ2v) is 8.13. The fraction of sp³-hybridized carbons (Fsp3) is 0.174. The van der Waals surface area contributed by atoms with Gasteiger partial charge in [0.25, 0.3) is 0 Å². The lowest BCUT2D eigenvalue weighted by Crippen LogP contribution is -2.13. The molecule has 0 spiro atoms. The lowest BCUT2D eigenvalue weighted by atomic mass is 10.0. The number of carbonyl (C=O) groups excluding carboxylic acids is 1. The molecule has 4 aromatic rings. The normalized spacial score (nSPS) is 10.8. The van der Waals surface area contributed by atoms with Crippen molar-refractivity contribution in [2.24, 2.45) is 0 Å². The number of anilines is 2. The van der Waals surface area contributed by atoms with Crippen LogP contribution in [0.3, 0.4) is 0 Å². The Labute approximate surface area is 178 Å². The molecule has 0 aliphatic carbocycles. The molecule has 152 valence electrons. The number of aromatic hydroxyl groups is 1. The number of benzene rings is 2. The topological polar surface area (TPSA) is 87.1 Å². The molecule has 0 radical (unpaired) electrons. The van der Waals surface area contributed by atoms with Gasteiger partial charge in [-0.2, -0.15) is 0 Å². The van der Waals surface area contributed by atoms with Gasteiger partial charge in [-0.1, -0.05) is 36.4 Å². The highest BCUT2D eigenvalue weighted by Gasteiger charge is 2.16. The van der Waals surface area contributed by atoms with Crippen LogP contribution in [0.4, 0.5) is 11.5 Å². The van der Waals surface area contributed by atoms with Crippen LogP contribution in [0.25, 0.3) is 21.3 Å². The van der Waals surface area contributed by atoms with E-state index >= 15 is 0 Å². The number of carbonyl (C=O) groups is 1. The molecule has 0 aliphatic heterocycles. The quantitative estimate of drug-likeness (QED) is 0.359. The number of aromatic nitrogens is 2. The number of aryl methyl sites for hydroxylation is 1. The van der Waals surface area contributed by atoms with Gasteiger partial charge in [0, 0.05) is 35.2 Å². The molecule has 0 bridgehead atoms. The van der Waals surface area contributed by atoms with E-state index in [1.807, 2.05) is 18.2 Å². The number of hydrogen-bond donors (Lipinski definition) is 3. The molecule has 2 heterocycles. The van der Waals surface area contributed by atoms with Crippen LogP contribution in [0.15, 0.2) is 60.9 Å². The highest BCUT2D eigenvalue weighted by Crippen LogP contribution is 2.40. The van der Waals surface area contributed by atoms with E-state index in [0.717, 1.165) is 27.2 Å². The Balaban J connectivity index is 1.43. The lowest BCUT2D eigenvalue weighted by molar-refractivity contribution is -0.116. The highest BCUT2D eigenvalue weighted by molar-refractivity contribution is 7.19. The van der Waals surface area contributed by atoms with E-state index in [1.165, 1.54) is 10.9 Å². The third-order valence-corrected chi connectivity index (χ3v) is 5.74. The van der Waals surface area contributed by atoms with Crippen LogP contribution in [0.1, 0.15) is 17.7 Å². The lowest BCUT2D eigenvalue weighted by Gasteiger charge is -2.09. The molecule has 0 unspecified atom stereocenters. The van der Waals surface area contributed by atoms with Crippen LogP contribution in [0, 0.1) is 6.92 Å². The number of rotatable bonds is 7. The Hall–Kier alpha value is -3.45. The van der Waals surface area contributed by atoms with E-state index in [0.29, 0.717) is 25.1 Å². The fourth-order valence-electron chi connectivity index (χ4n) is 3.39. The summed E-state index contributed by atoms with van der Waals surface area (Å²) in [6, 6.07) is 16.8. The predicted molar refractivity (Wildman–Crippen MR) is 122 cm³/mol. The molecule has 6 nitrogen and oxygen atoms in total. The first-order valence-corrected chi connectivity index (χ1v) is 10.6. The molecule has 0 fully saturated rings. The van der Waals surface area contributed by atoms with Crippen LogP contribution in [-0.4, -0.2) is 27.5 Å². The maximum atomic E-state index is 12.1. The number of hydrogen-bond acceptors (Lipinski definition) is 6. The van der Waals surface area contributed by atoms with Crippen molar-refractivity contribution >= 4 is 39.0 Å². The molecule has 0 saturated heterocycles. The Bertz CT molecular complexity index is 1170. The Kier molecular flexibility index (Phi) is 5.90. The molecular weight excluding hydrogens is 396 g/mol. The van der Waals surface area contributed by atoms with E-state index in [2.05, 4.69) is 39.7 Å². The van der Waals surface area contributed by atoms with Crippen LogP contribution < -0.4 is 10.6 Å². The molecule has 1 amide bonds. The summed E-state index contributed by atoms with van der Waals surface area (Å²) in [5, 5.41) is 16.7. The van der Waals surface area contributed by atoms with E-state index in [4.69, 9.17) is 0 Å². The van der Waals surface area contributed by atoms with Crippen molar-refractivity contribution in [2.45, 2.75) is 19.8 Å². The van der Waals surface area contributed by atoms with Crippen LogP contribution in [0.2, 0.25) is 0 Å². The SMILES string of the molecule is Cc1sc2ncnc(NCCCC(=O)Nc3cccc(O)c3)c2c1-c1ccccc1. The minimum atomic E-state index is -0.0911. The first-order valence-electron chi connectivity index (χ1n) is 9.74. The van der Waals surface area contributed by atoms with Gasteiger partial charge in [0.15, 0.2) is 0 Å². The van der Waals surface area contributed by atoms with E-state index in [9.17, 15) is 9.90 Å². The van der Waals surface area contributed by atoms with Gasteiger partial charge in [0.05, 0.1) is 5.39 Å². The molecule has 4 rings (SSSR count). The van der Waals surface area contributed by atoms with Gasteiger partial charge in [-0.05, 0) is 31.0 Å². The van der Waals surface area contributed by atoms with E-state index in [1.54, 1.807) is 35.9 Å². The first kappa shape index (κ1) is 19.8. The van der Waals surface area contributed by atoms with Crippen molar-refractivity contribution < 1.29 is 9.90 Å². The molecular formula is C23H22N4O2S. The van der Waals surface area contributed by atoms with Crippen molar-refractivity contribution in [3.63, 3.8) is 0 Å². The van der Waals surface area contributed by atoms with Crippen molar-refractivity contribution in [1.82, 2.24) is 9.97 Å². The van der Waals surface area contributed by atoms with Gasteiger partial charge in [0.2, 0.25) is 5.91 Å². The second-order valence-electron chi connectivity index (χ2n) is 6.93. The van der Waals surface area contributed by atoms with Crippen LogP contribution >= 0.6 is 11.3 Å². The molecule has 0 aliphatic rings. The number of phenols is 1. The first-order chi connectivity index (χ1) is 14.6. The van der Waals surface area contributed by atoms with Gasteiger partial charge in [-0.15, -0.1) is 11.3 Å². The third kappa shape index (κ3) is 4.41. The van der Waals surface area contributed by atoms with Crippen LogP contribution in [-0.2, 0) is 4.79 Å². The Morgan fingerprint density at radius 1 is 1.10 bits per heavy atom. The van der Waals surface area contributed by atoms with Crippen molar-refractivity contribution in [3.8, 4) is 16.9 Å². The van der Waals surface area contributed by atoms with Crippen molar-refractivity contribution in [2.75, 3.05) is 17.2 Å². The maximum Gasteiger partial charge on any atom is 0.224 e. The van der Waals surface area contributed by atoms with Gasteiger partial charge in [-0.25, -0.2) is 9.97 Å². The second kappa shape index (κ2) is 8.92. The summed E-state index contributed by atoms with van der Waals surface area (Å²) in [6.07, 6.45) is 2.59. The minimum absolute atomic E-state index is 0.0911. The smallest absolute Gasteiger partial charge is 0.224 e. The Morgan fingerprint density at radius 2 is 1.93 bits per heavy atom. The predicted octanol–water partition coefficient (Wildman–Crippen LogP) is 5.20. The van der Waals surface area contributed by atoms with E-state index < -0.39 is 0 Å². The number of nitrogens with zero attached hydrogens (tertiary/aromatic N) is 2. The number of nitrogens with one attached hydrogen (secondary N) is 2. The minimum Gasteiger partial charge on any atom is -0.508 e. The van der Waals surface area contributed by atoms with Crippen molar-refractivity contribution in [3.05, 3.63) is 65.8 Å². The molecule has 2 aromatic carbocycles. The number of thiophene rings is 1. The number of amides is 1. The monoisotopic (exact) mass is 418 g/mol. The van der Waals surface area contributed by atoms with E-state index in [-0.39, 0.29) is 11.7 Å². The zero-order chi connectivity index (χ0) is 20.9. The van der Waals surface area contributed by atoms with Crippen molar-refractivity contribution in [1.29, 1.82) is 0 Å². The summed E-state index contributed by atoms with van der Waals surface area (Å²) in [6.45, 7) is 2.72. The largest absolute Gasteiger partial charge is 0.508 e. The fourth-order valence-corrected chi connectivity index (χ4v) is 4.41. The molecule has 3 N–H and O–H groups in total. The summed E-state index contributed by atoms with van der Waals surface area (Å²) in [7, 11) is 0. The highest BCUT2D eigenvalue weighted by atomic mass is 32.1. The summed E-state index contributed by atoms with van der Waals surface area (Å²) in [4.78, 5) is 23.2. The Morgan fingerprint density at radius 3 is 2.73 bits per heavy atom. The summed E-state index contributed by atoms with van der Waals surface area (Å²) in [5.41, 5.74) is 2.89. The van der Waals surface area contributed by atoms with Gasteiger partial charge >= 0.3 is 0 Å². The average Bonchev–Trinajstić information content (AvgIpc) is 3.08. The number of phenolic OH excluding ortho intramolecular Hbond substituents is 1. The van der Waals surface area contributed by atoms with Crippen LogP contribution in [0.5, 0.6) is 5.75 Å². The molecule has 0 saturated carbocycles. The zero-order valence-corrected chi connectivity index (χ0v) is 17.4. The zero-order valence-electron chi connectivity index (χ0n) is 16.6. The standard InChI is InChI=1S/C23H22N4O2S/c1-15-20(16-7-3-2-4-8-16)21-22(25-14-26-23(21)30-15)24-12-6-11-19(29)27-17-9-5-10-18(28)13-17/h2-5,7-10,13-14,28H,6,11-12H2,1H3,(H,27,29)(H,24,25,26). The van der Waals surface area contributed by atoms with Gasteiger partial charge < -0.3 is 15.7 Å². The molecule has 0 atom stereocenters. The number of fused-ring (bicyclic) bond motifs is 1. The summed E-state index contributed by atoms with van der Waals surface area (Å²) in [5.74, 6) is 0.825. The molecule has 30 heavy (non-hydrogen) atoms. The summed E-state index contributed by atoms with van der Waals surface area (Å²) >= 11 is 1.66. The average molecular weight is 419 g/mol. The van der Waals surface area contributed by atoms with Gasteiger partial charge in [0.1, 0.15) is 22.7 Å². The molecule has 7 heteroatoms. The summed E-state index contributed by atoms with van der Waals surface area (Å²) < 4.78 is 0.